The van der Waals surface area contributed by atoms with Crippen LogP contribution >= 0.6 is 0 Å². The average Bonchev–Trinajstić information content (AvgIpc) is 2.24. The Morgan fingerprint density at radius 3 is 2.80 bits per heavy atom. The molecule has 0 atom stereocenters. The summed E-state index contributed by atoms with van der Waals surface area (Å²) in [6, 6.07) is 7.42. The zero-order chi connectivity index (χ0) is 11.3. The van der Waals surface area contributed by atoms with E-state index in [-0.39, 0.29) is 11.6 Å². The molecule has 80 valence electrons. The normalized spacial score (nSPS) is 9.73. The number of rotatable bonds is 4. The highest BCUT2D eigenvalue weighted by molar-refractivity contribution is 6.44. The van der Waals surface area contributed by atoms with Crippen molar-refractivity contribution in [2.75, 3.05) is 6.54 Å². The number of hydrogen-bond donors (Lipinski definition) is 2. The maximum absolute atomic E-state index is 11.5. The van der Waals surface area contributed by atoms with Gasteiger partial charge in [0.05, 0.1) is 0 Å². The van der Waals surface area contributed by atoms with Crippen molar-refractivity contribution < 1.29 is 4.79 Å². The highest BCUT2D eigenvalue weighted by Gasteiger charge is 2.10. The Morgan fingerprint density at radius 1 is 1.47 bits per heavy atom. The van der Waals surface area contributed by atoms with Crippen LogP contribution < -0.4 is 5.32 Å². The molecule has 15 heavy (non-hydrogen) atoms. The molecule has 0 aliphatic carbocycles. The van der Waals surface area contributed by atoms with Crippen LogP contribution in [0.3, 0.4) is 0 Å². The van der Waals surface area contributed by atoms with Crippen molar-refractivity contribution in [2.45, 2.75) is 20.3 Å². The summed E-state index contributed by atoms with van der Waals surface area (Å²) >= 11 is 0. The Balaban J connectivity index is 2.72. The minimum atomic E-state index is -0.303. The Bertz CT molecular complexity index is 372. The van der Waals surface area contributed by atoms with Crippen molar-refractivity contribution in [1.29, 1.82) is 5.41 Å². The van der Waals surface area contributed by atoms with E-state index >= 15 is 0 Å². The van der Waals surface area contributed by atoms with Gasteiger partial charge >= 0.3 is 0 Å². The van der Waals surface area contributed by atoms with Gasteiger partial charge in [-0.05, 0) is 19.4 Å². The van der Waals surface area contributed by atoms with Gasteiger partial charge in [-0.1, -0.05) is 30.7 Å². The van der Waals surface area contributed by atoms with Gasteiger partial charge in [0.25, 0.3) is 5.91 Å². The monoisotopic (exact) mass is 204 g/mol. The first-order valence-corrected chi connectivity index (χ1v) is 5.09. The van der Waals surface area contributed by atoms with Gasteiger partial charge in [0.2, 0.25) is 0 Å². The molecule has 0 aromatic heterocycles. The lowest BCUT2D eigenvalue weighted by Gasteiger charge is -2.05. The molecule has 0 unspecified atom stereocenters. The third-order valence-electron chi connectivity index (χ3n) is 2.07. The first-order chi connectivity index (χ1) is 7.15. The summed E-state index contributed by atoms with van der Waals surface area (Å²) in [7, 11) is 0. The molecule has 1 amide bonds. The molecule has 0 radical (unpaired) electrons. The van der Waals surface area contributed by atoms with E-state index in [1.807, 2.05) is 32.0 Å². The van der Waals surface area contributed by atoms with E-state index in [9.17, 15) is 4.79 Å². The summed E-state index contributed by atoms with van der Waals surface area (Å²) in [5.74, 6) is -0.303. The second kappa shape index (κ2) is 5.29. The van der Waals surface area contributed by atoms with Gasteiger partial charge in [-0.15, -0.1) is 0 Å². The fourth-order valence-corrected chi connectivity index (χ4v) is 1.26. The molecule has 1 aromatic carbocycles. The molecule has 0 spiro atoms. The molecular weight excluding hydrogens is 188 g/mol. The highest BCUT2D eigenvalue weighted by atomic mass is 16.1. The molecule has 1 rings (SSSR count). The maximum atomic E-state index is 11.5. The molecule has 1 aromatic rings. The van der Waals surface area contributed by atoms with E-state index < -0.39 is 0 Å². The van der Waals surface area contributed by atoms with Gasteiger partial charge in [-0.2, -0.15) is 0 Å². The largest absolute Gasteiger partial charge is 0.351 e. The average molecular weight is 204 g/mol. The van der Waals surface area contributed by atoms with Crippen LogP contribution in [0.15, 0.2) is 24.3 Å². The van der Waals surface area contributed by atoms with Gasteiger partial charge in [-0.25, -0.2) is 0 Å². The number of aryl methyl sites for hydroxylation is 1. The molecular formula is C12H16N2O. The van der Waals surface area contributed by atoms with Crippen LogP contribution in [0.1, 0.15) is 24.5 Å². The van der Waals surface area contributed by atoms with Gasteiger partial charge in [0.15, 0.2) is 0 Å². The zero-order valence-corrected chi connectivity index (χ0v) is 9.13. The lowest BCUT2D eigenvalue weighted by molar-refractivity contribution is -0.114. The lowest BCUT2D eigenvalue weighted by atomic mass is 10.1. The fraction of sp³-hybridized carbons (Fsp3) is 0.333. The predicted molar refractivity (Wildman–Crippen MR) is 61.3 cm³/mol. The molecule has 0 fully saturated rings. The van der Waals surface area contributed by atoms with Gasteiger partial charge in [0, 0.05) is 12.1 Å². The summed E-state index contributed by atoms with van der Waals surface area (Å²) < 4.78 is 0. The number of amides is 1. The quantitative estimate of drug-likeness (QED) is 0.723. The van der Waals surface area contributed by atoms with Crippen molar-refractivity contribution in [3.8, 4) is 0 Å². The molecule has 3 nitrogen and oxygen atoms in total. The van der Waals surface area contributed by atoms with E-state index in [4.69, 9.17) is 5.41 Å². The van der Waals surface area contributed by atoms with E-state index in [0.29, 0.717) is 12.1 Å². The molecule has 3 heteroatoms. The summed E-state index contributed by atoms with van der Waals surface area (Å²) in [6.45, 7) is 4.55. The van der Waals surface area contributed by atoms with Crippen LogP contribution in [0.2, 0.25) is 0 Å². The van der Waals surface area contributed by atoms with Crippen LogP contribution in [0, 0.1) is 12.3 Å². The standard InChI is InChI=1S/C12H16N2O/c1-3-7-14-12(15)11(13)10-6-4-5-9(2)8-10/h4-6,8,13H,3,7H2,1-2H3,(H,14,15). The Labute approximate surface area is 90.0 Å². The van der Waals surface area contributed by atoms with Crippen LogP contribution in [0.25, 0.3) is 0 Å². The van der Waals surface area contributed by atoms with Crippen molar-refractivity contribution in [1.82, 2.24) is 5.32 Å². The molecule has 0 saturated carbocycles. The maximum Gasteiger partial charge on any atom is 0.269 e. The minimum Gasteiger partial charge on any atom is -0.351 e. The third kappa shape index (κ3) is 3.20. The molecule has 0 bridgehead atoms. The van der Waals surface area contributed by atoms with Gasteiger partial charge in [-0.3, -0.25) is 10.2 Å². The first kappa shape index (κ1) is 11.4. The van der Waals surface area contributed by atoms with Crippen molar-refractivity contribution in [3.05, 3.63) is 35.4 Å². The van der Waals surface area contributed by atoms with E-state index in [0.717, 1.165) is 12.0 Å². The van der Waals surface area contributed by atoms with E-state index in [2.05, 4.69) is 5.32 Å². The Kier molecular flexibility index (Phi) is 4.03. The Morgan fingerprint density at radius 2 is 2.20 bits per heavy atom. The fourth-order valence-electron chi connectivity index (χ4n) is 1.26. The molecule has 0 aliphatic heterocycles. The van der Waals surface area contributed by atoms with Crippen LogP contribution in [-0.4, -0.2) is 18.2 Å². The third-order valence-corrected chi connectivity index (χ3v) is 2.07. The Hall–Kier alpha value is -1.64. The summed E-state index contributed by atoms with van der Waals surface area (Å²) in [4.78, 5) is 11.5. The van der Waals surface area contributed by atoms with Crippen molar-refractivity contribution in [3.63, 3.8) is 0 Å². The van der Waals surface area contributed by atoms with Gasteiger partial charge in [0.1, 0.15) is 5.71 Å². The van der Waals surface area contributed by atoms with Crippen LogP contribution in [-0.2, 0) is 4.79 Å². The smallest absolute Gasteiger partial charge is 0.269 e. The second-order valence-corrected chi connectivity index (χ2v) is 3.50. The summed E-state index contributed by atoms with van der Waals surface area (Å²) in [5, 5.41) is 10.4. The van der Waals surface area contributed by atoms with Crippen molar-refractivity contribution >= 4 is 11.6 Å². The summed E-state index contributed by atoms with van der Waals surface area (Å²) in [6.07, 6.45) is 0.882. The van der Waals surface area contributed by atoms with Gasteiger partial charge < -0.3 is 5.32 Å². The number of carbonyl (C=O) groups excluding carboxylic acids is 1. The molecule has 0 aliphatic rings. The van der Waals surface area contributed by atoms with E-state index in [1.165, 1.54) is 0 Å². The minimum absolute atomic E-state index is 0.0344. The number of benzene rings is 1. The van der Waals surface area contributed by atoms with E-state index in [1.54, 1.807) is 6.07 Å². The molecule has 2 N–H and O–H groups in total. The highest BCUT2D eigenvalue weighted by Crippen LogP contribution is 2.04. The van der Waals surface area contributed by atoms with Crippen LogP contribution in [0.5, 0.6) is 0 Å². The lowest BCUT2D eigenvalue weighted by Crippen LogP contribution is -2.31. The van der Waals surface area contributed by atoms with Crippen molar-refractivity contribution in [2.24, 2.45) is 0 Å². The number of hydrogen-bond acceptors (Lipinski definition) is 2. The molecule has 0 heterocycles. The number of nitrogens with one attached hydrogen (secondary N) is 2. The SMILES string of the molecule is CCCNC(=O)C(=N)c1cccc(C)c1. The summed E-state index contributed by atoms with van der Waals surface area (Å²) in [5.41, 5.74) is 1.76. The van der Waals surface area contributed by atoms with Crippen LogP contribution in [0.4, 0.5) is 0 Å². The topological polar surface area (TPSA) is 53.0 Å². The predicted octanol–water partition coefficient (Wildman–Crippen LogP) is 1.89. The zero-order valence-electron chi connectivity index (χ0n) is 9.13. The number of carbonyl (C=O) groups is 1. The second-order valence-electron chi connectivity index (χ2n) is 3.50. The molecule has 0 saturated heterocycles. The first-order valence-electron chi connectivity index (χ1n) is 5.09.